The van der Waals surface area contributed by atoms with E-state index in [1.807, 2.05) is 24.3 Å². The van der Waals surface area contributed by atoms with Crippen molar-refractivity contribution in [2.75, 3.05) is 13.2 Å². The first-order chi connectivity index (χ1) is 13.3. The van der Waals surface area contributed by atoms with E-state index in [1.54, 1.807) is 0 Å². The molecule has 0 saturated carbocycles. The van der Waals surface area contributed by atoms with E-state index in [0.717, 1.165) is 21.6 Å². The maximum absolute atomic E-state index is 6.21. The van der Waals surface area contributed by atoms with E-state index >= 15 is 0 Å². The minimum atomic E-state index is -0.116. The molecule has 2 saturated heterocycles. The summed E-state index contributed by atoms with van der Waals surface area (Å²) in [4.78, 5) is 4.47. The van der Waals surface area contributed by atoms with E-state index in [9.17, 15) is 0 Å². The van der Waals surface area contributed by atoms with Crippen molar-refractivity contribution in [2.45, 2.75) is 37.6 Å². The van der Waals surface area contributed by atoms with Crippen LogP contribution in [0.5, 0.6) is 5.75 Å². The molecule has 5 rings (SSSR count). The third kappa shape index (κ3) is 3.51. The maximum atomic E-state index is 6.21. The first-order valence-electron chi connectivity index (χ1n) is 9.16. The molecule has 0 N–H and O–H groups in total. The summed E-state index contributed by atoms with van der Waals surface area (Å²) in [6.07, 6.45) is -0.340. The fourth-order valence-corrected chi connectivity index (χ4v) is 4.50. The second-order valence-electron chi connectivity index (χ2n) is 7.01. The van der Waals surface area contributed by atoms with E-state index < -0.39 is 0 Å². The molecule has 3 aliphatic rings. The van der Waals surface area contributed by atoms with Gasteiger partial charge in [0.15, 0.2) is 6.10 Å². The zero-order chi connectivity index (χ0) is 18.2. The van der Waals surface area contributed by atoms with Crippen molar-refractivity contribution in [3.05, 3.63) is 65.2 Å². The smallest absolute Gasteiger partial charge is 0.151 e. The quantitative estimate of drug-likeness (QED) is 0.619. The Morgan fingerprint density at radius 3 is 2.63 bits per heavy atom. The van der Waals surface area contributed by atoms with Gasteiger partial charge in [-0.1, -0.05) is 36.4 Å². The number of halogens is 1. The van der Waals surface area contributed by atoms with Gasteiger partial charge < -0.3 is 18.9 Å². The highest BCUT2D eigenvalue weighted by molar-refractivity contribution is 14.1. The van der Waals surface area contributed by atoms with Gasteiger partial charge in [0.05, 0.1) is 26.4 Å². The molecular weight excluding hydrogens is 457 g/mol. The summed E-state index contributed by atoms with van der Waals surface area (Å²) >= 11 is 2.27. The average Bonchev–Trinajstić information content (AvgIpc) is 3.38. The third-order valence-electron chi connectivity index (χ3n) is 5.25. The predicted molar refractivity (Wildman–Crippen MR) is 110 cm³/mol. The maximum Gasteiger partial charge on any atom is 0.151 e. The summed E-state index contributed by atoms with van der Waals surface area (Å²) in [5, 5.41) is 0. The van der Waals surface area contributed by atoms with Crippen LogP contribution in [0.15, 0.2) is 53.5 Å². The third-order valence-corrected chi connectivity index (χ3v) is 6.17. The number of aliphatic imine (C=N–C) groups is 1. The number of hydrogen-bond acceptors (Lipinski definition) is 5. The topological polar surface area (TPSA) is 49.3 Å². The van der Waals surface area contributed by atoms with Crippen molar-refractivity contribution in [2.24, 2.45) is 4.99 Å². The van der Waals surface area contributed by atoms with Crippen molar-refractivity contribution in [1.29, 1.82) is 0 Å². The Morgan fingerprint density at radius 1 is 1.00 bits per heavy atom. The van der Waals surface area contributed by atoms with Crippen LogP contribution in [0, 0.1) is 0 Å². The van der Waals surface area contributed by atoms with Crippen LogP contribution < -0.4 is 4.74 Å². The average molecular weight is 477 g/mol. The Hall–Kier alpha value is -1.48. The molecule has 2 aromatic carbocycles. The lowest BCUT2D eigenvalue weighted by molar-refractivity contribution is -0.0425. The van der Waals surface area contributed by atoms with E-state index in [1.165, 1.54) is 11.1 Å². The lowest BCUT2D eigenvalue weighted by Crippen LogP contribution is -2.35. The SMILES string of the molecule is IC1=NCc2ccc(O[C@@H]3CO[C@H]4[C@@H]3OC[C@H]4OCc3ccccc3)cc21. The van der Waals surface area contributed by atoms with Gasteiger partial charge in [0, 0.05) is 5.56 Å². The first kappa shape index (κ1) is 17.6. The van der Waals surface area contributed by atoms with Crippen molar-refractivity contribution in [1.82, 2.24) is 0 Å². The predicted octanol–water partition coefficient (Wildman–Crippen LogP) is 3.51. The van der Waals surface area contributed by atoms with Crippen molar-refractivity contribution in [3.8, 4) is 5.75 Å². The summed E-state index contributed by atoms with van der Waals surface area (Å²) < 4.78 is 25.3. The summed E-state index contributed by atoms with van der Waals surface area (Å²) in [6.45, 7) is 2.38. The molecule has 0 radical (unpaired) electrons. The number of rotatable bonds is 5. The van der Waals surface area contributed by atoms with Crippen molar-refractivity contribution < 1.29 is 18.9 Å². The largest absolute Gasteiger partial charge is 0.485 e. The van der Waals surface area contributed by atoms with Gasteiger partial charge in [-0.2, -0.15) is 0 Å². The molecule has 0 aliphatic carbocycles. The summed E-state index contributed by atoms with van der Waals surface area (Å²) in [6, 6.07) is 16.3. The van der Waals surface area contributed by atoms with E-state index in [4.69, 9.17) is 18.9 Å². The van der Waals surface area contributed by atoms with Crippen LogP contribution in [0.4, 0.5) is 0 Å². The highest BCUT2D eigenvalue weighted by Crippen LogP contribution is 2.33. The Labute approximate surface area is 171 Å². The normalized spacial score (nSPS) is 28.7. The van der Waals surface area contributed by atoms with Gasteiger partial charge >= 0.3 is 0 Å². The zero-order valence-corrected chi connectivity index (χ0v) is 16.9. The Balaban J connectivity index is 1.22. The minimum absolute atomic E-state index is 0.0584. The first-order valence-corrected chi connectivity index (χ1v) is 10.2. The molecule has 6 heteroatoms. The van der Waals surface area contributed by atoms with Crippen LogP contribution in [0.1, 0.15) is 16.7 Å². The van der Waals surface area contributed by atoms with E-state index in [0.29, 0.717) is 19.8 Å². The molecule has 4 atom stereocenters. The number of hydrogen-bond donors (Lipinski definition) is 0. The molecule has 0 bridgehead atoms. The van der Waals surface area contributed by atoms with Gasteiger partial charge in [0.2, 0.25) is 0 Å². The molecule has 27 heavy (non-hydrogen) atoms. The van der Waals surface area contributed by atoms with Crippen LogP contribution in [0.25, 0.3) is 0 Å². The zero-order valence-electron chi connectivity index (χ0n) is 14.7. The van der Waals surface area contributed by atoms with Gasteiger partial charge in [-0.15, -0.1) is 0 Å². The monoisotopic (exact) mass is 477 g/mol. The van der Waals surface area contributed by atoms with Gasteiger partial charge in [0.25, 0.3) is 0 Å². The lowest BCUT2D eigenvalue weighted by atomic mass is 10.1. The molecular formula is C21H20INO4. The van der Waals surface area contributed by atoms with Crippen LogP contribution in [-0.4, -0.2) is 41.3 Å². The van der Waals surface area contributed by atoms with Crippen molar-refractivity contribution in [3.63, 3.8) is 0 Å². The molecule has 3 aliphatic heterocycles. The molecule has 140 valence electrons. The highest BCUT2D eigenvalue weighted by atomic mass is 127. The number of fused-ring (bicyclic) bond motifs is 2. The lowest BCUT2D eigenvalue weighted by Gasteiger charge is -2.18. The van der Waals surface area contributed by atoms with Crippen LogP contribution in [0.3, 0.4) is 0 Å². The molecule has 5 nitrogen and oxygen atoms in total. The molecule has 0 aromatic heterocycles. The Morgan fingerprint density at radius 2 is 1.78 bits per heavy atom. The highest BCUT2D eigenvalue weighted by Gasteiger charge is 2.49. The van der Waals surface area contributed by atoms with Gasteiger partial charge in [-0.25, -0.2) is 0 Å². The number of nitrogens with zero attached hydrogens (tertiary/aromatic N) is 1. The molecule has 0 spiro atoms. The molecule has 2 fully saturated rings. The fourth-order valence-electron chi connectivity index (χ4n) is 3.82. The van der Waals surface area contributed by atoms with Gasteiger partial charge in [-0.05, 0) is 45.9 Å². The Bertz CT molecular complexity index is 857. The second kappa shape index (κ2) is 7.50. The summed E-state index contributed by atoms with van der Waals surface area (Å²) in [5.74, 6) is 0.839. The molecule has 3 heterocycles. The van der Waals surface area contributed by atoms with E-state index in [2.05, 4.69) is 51.8 Å². The van der Waals surface area contributed by atoms with Crippen LogP contribution in [-0.2, 0) is 27.4 Å². The second-order valence-corrected chi connectivity index (χ2v) is 8.04. The number of ether oxygens (including phenoxy) is 4. The Kier molecular flexibility index (Phi) is 4.89. The summed E-state index contributed by atoms with van der Waals surface area (Å²) in [7, 11) is 0. The molecule has 0 unspecified atom stereocenters. The van der Waals surface area contributed by atoms with Crippen LogP contribution >= 0.6 is 22.6 Å². The molecule has 0 amide bonds. The fraction of sp³-hybridized carbons (Fsp3) is 0.381. The van der Waals surface area contributed by atoms with Crippen molar-refractivity contribution >= 4 is 26.3 Å². The van der Waals surface area contributed by atoms with E-state index in [-0.39, 0.29) is 24.4 Å². The summed E-state index contributed by atoms with van der Waals surface area (Å²) in [5.41, 5.74) is 3.57. The molecule has 2 aromatic rings. The van der Waals surface area contributed by atoms with Gasteiger partial charge in [-0.3, -0.25) is 4.99 Å². The van der Waals surface area contributed by atoms with Gasteiger partial charge in [0.1, 0.15) is 27.8 Å². The standard InChI is InChI=1S/C21H20INO4/c22-21-16-8-15(7-6-14(16)9-23-21)27-18-12-26-19-17(11-25-20(18)19)24-10-13-4-2-1-3-5-13/h1-8,17-20H,9-12H2/t17-,18-,19-,20-/m1/s1. The van der Waals surface area contributed by atoms with Crippen LogP contribution in [0.2, 0.25) is 0 Å². The minimum Gasteiger partial charge on any atom is -0.485 e. The number of benzene rings is 2.